The third-order valence-electron chi connectivity index (χ3n) is 6.09. The number of fused-ring (bicyclic) bond motifs is 1. The summed E-state index contributed by atoms with van der Waals surface area (Å²) in [5.41, 5.74) is 0. The summed E-state index contributed by atoms with van der Waals surface area (Å²) in [5.74, 6) is 2.57. The maximum atomic E-state index is 12.8. The van der Waals surface area contributed by atoms with Crippen LogP contribution in [0.1, 0.15) is 57.8 Å². The maximum Gasteiger partial charge on any atom is 0.225 e. The molecular formula is C17H31ClN2O. The predicted molar refractivity (Wildman–Crippen MR) is 88.7 cm³/mol. The summed E-state index contributed by atoms with van der Waals surface area (Å²) in [6, 6.07) is 0.479. The van der Waals surface area contributed by atoms with Gasteiger partial charge in [-0.1, -0.05) is 25.7 Å². The van der Waals surface area contributed by atoms with Crippen molar-refractivity contribution in [2.75, 3.05) is 20.1 Å². The highest BCUT2D eigenvalue weighted by Gasteiger charge is 2.37. The molecule has 122 valence electrons. The predicted octanol–water partition coefficient (Wildman–Crippen LogP) is 3.23. The van der Waals surface area contributed by atoms with Crippen LogP contribution in [-0.4, -0.2) is 37.0 Å². The lowest BCUT2D eigenvalue weighted by atomic mass is 9.67. The van der Waals surface area contributed by atoms with E-state index in [1.807, 2.05) is 7.05 Å². The Labute approximate surface area is 135 Å². The first-order chi connectivity index (χ1) is 9.75. The van der Waals surface area contributed by atoms with Crippen LogP contribution in [-0.2, 0) is 4.79 Å². The minimum atomic E-state index is 0. The van der Waals surface area contributed by atoms with Gasteiger partial charge in [-0.15, -0.1) is 12.4 Å². The van der Waals surface area contributed by atoms with Crippen molar-refractivity contribution in [3.63, 3.8) is 0 Å². The second kappa shape index (κ2) is 7.82. The summed E-state index contributed by atoms with van der Waals surface area (Å²) < 4.78 is 0. The van der Waals surface area contributed by atoms with Crippen LogP contribution in [0.15, 0.2) is 0 Å². The second-order valence-corrected chi connectivity index (χ2v) is 7.24. The first-order valence-corrected chi connectivity index (χ1v) is 8.73. The highest BCUT2D eigenvalue weighted by atomic mass is 35.5. The van der Waals surface area contributed by atoms with Crippen LogP contribution in [0.2, 0.25) is 0 Å². The van der Waals surface area contributed by atoms with Crippen LogP contribution in [0.5, 0.6) is 0 Å². The van der Waals surface area contributed by atoms with Gasteiger partial charge in [0.1, 0.15) is 0 Å². The molecule has 0 radical (unpaired) electrons. The minimum Gasteiger partial charge on any atom is -0.342 e. The van der Waals surface area contributed by atoms with E-state index in [0.717, 1.165) is 44.2 Å². The molecule has 3 nitrogen and oxygen atoms in total. The highest BCUT2D eigenvalue weighted by molar-refractivity contribution is 5.85. The van der Waals surface area contributed by atoms with Gasteiger partial charge in [0, 0.05) is 19.0 Å². The summed E-state index contributed by atoms with van der Waals surface area (Å²) in [4.78, 5) is 14.9. The average molecular weight is 315 g/mol. The number of piperidine rings is 1. The molecule has 3 rings (SSSR count). The lowest BCUT2D eigenvalue weighted by Crippen LogP contribution is -2.47. The van der Waals surface area contributed by atoms with Gasteiger partial charge in [0.15, 0.2) is 0 Å². The number of rotatable bonds is 2. The van der Waals surface area contributed by atoms with Gasteiger partial charge in [-0.3, -0.25) is 4.79 Å². The van der Waals surface area contributed by atoms with Crippen molar-refractivity contribution in [3.8, 4) is 0 Å². The third-order valence-corrected chi connectivity index (χ3v) is 6.09. The molecule has 3 fully saturated rings. The Balaban J connectivity index is 0.00000161. The van der Waals surface area contributed by atoms with Crippen molar-refractivity contribution in [3.05, 3.63) is 0 Å². The quantitative estimate of drug-likeness (QED) is 0.848. The Morgan fingerprint density at radius 3 is 2.33 bits per heavy atom. The molecule has 2 aliphatic carbocycles. The fraction of sp³-hybridized carbons (Fsp3) is 0.941. The zero-order chi connectivity index (χ0) is 13.9. The molecular weight excluding hydrogens is 284 g/mol. The SMILES string of the molecule is CN(C(=O)C1CCC2CCCCC2C1)C1CCNCC1.Cl. The molecule has 1 amide bonds. The first kappa shape index (κ1) is 17.1. The average Bonchev–Trinajstić information content (AvgIpc) is 2.54. The smallest absolute Gasteiger partial charge is 0.225 e. The maximum absolute atomic E-state index is 12.8. The molecule has 21 heavy (non-hydrogen) atoms. The van der Waals surface area contributed by atoms with Crippen molar-refractivity contribution >= 4 is 18.3 Å². The number of hydrogen-bond acceptors (Lipinski definition) is 2. The lowest BCUT2D eigenvalue weighted by molar-refractivity contribution is -0.139. The van der Waals surface area contributed by atoms with Gasteiger partial charge in [0.25, 0.3) is 0 Å². The zero-order valence-corrected chi connectivity index (χ0v) is 14.2. The molecule has 1 heterocycles. The van der Waals surface area contributed by atoms with Gasteiger partial charge < -0.3 is 10.2 Å². The lowest BCUT2D eigenvalue weighted by Gasteiger charge is -2.41. The van der Waals surface area contributed by atoms with E-state index >= 15 is 0 Å². The molecule has 0 aromatic heterocycles. The standard InChI is InChI=1S/C17H30N2O.ClH/c1-19(16-8-10-18-11-9-16)17(20)15-7-6-13-4-2-3-5-14(13)12-15;/h13-16,18H,2-12H2,1H3;1H. The van der Waals surface area contributed by atoms with E-state index < -0.39 is 0 Å². The number of hydrogen-bond donors (Lipinski definition) is 1. The zero-order valence-electron chi connectivity index (χ0n) is 13.4. The minimum absolute atomic E-state index is 0. The molecule has 0 spiro atoms. The first-order valence-electron chi connectivity index (χ1n) is 8.73. The Kier molecular flexibility index (Phi) is 6.36. The van der Waals surface area contributed by atoms with Crippen LogP contribution < -0.4 is 5.32 Å². The molecule has 0 aromatic carbocycles. The van der Waals surface area contributed by atoms with Gasteiger partial charge in [-0.2, -0.15) is 0 Å². The number of amides is 1. The summed E-state index contributed by atoms with van der Waals surface area (Å²) in [6.45, 7) is 2.13. The van der Waals surface area contributed by atoms with E-state index in [0.29, 0.717) is 17.9 Å². The van der Waals surface area contributed by atoms with E-state index in [-0.39, 0.29) is 12.4 Å². The van der Waals surface area contributed by atoms with Crippen molar-refractivity contribution in [2.45, 2.75) is 63.8 Å². The van der Waals surface area contributed by atoms with Gasteiger partial charge in [-0.05, 0) is 57.0 Å². The second-order valence-electron chi connectivity index (χ2n) is 7.24. The Morgan fingerprint density at radius 1 is 0.952 bits per heavy atom. The van der Waals surface area contributed by atoms with Crippen molar-refractivity contribution < 1.29 is 4.79 Å². The number of carbonyl (C=O) groups excluding carboxylic acids is 1. The van der Waals surface area contributed by atoms with Gasteiger partial charge >= 0.3 is 0 Å². The summed E-state index contributed by atoms with van der Waals surface area (Å²) in [7, 11) is 2.05. The van der Waals surface area contributed by atoms with Gasteiger partial charge in [-0.25, -0.2) is 0 Å². The normalized spacial score (nSPS) is 33.7. The Bertz CT molecular complexity index is 344. The molecule has 1 saturated heterocycles. The number of nitrogens with zero attached hydrogens (tertiary/aromatic N) is 1. The van der Waals surface area contributed by atoms with Crippen LogP contribution in [0.4, 0.5) is 0 Å². The summed E-state index contributed by atoms with van der Waals surface area (Å²) >= 11 is 0. The molecule has 3 atom stereocenters. The summed E-state index contributed by atoms with van der Waals surface area (Å²) in [6.07, 6.45) is 11.5. The van der Waals surface area contributed by atoms with Crippen molar-refractivity contribution in [2.24, 2.45) is 17.8 Å². The third kappa shape index (κ3) is 3.92. The van der Waals surface area contributed by atoms with Crippen LogP contribution in [0.3, 0.4) is 0 Å². The molecule has 0 bridgehead atoms. The molecule has 1 aliphatic heterocycles. The Hall–Kier alpha value is -0.280. The van der Waals surface area contributed by atoms with Gasteiger partial charge in [0.05, 0.1) is 0 Å². The number of halogens is 1. The van der Waals surface area contributed by atoms with E-state index in [1.165, 1.54) is 38.5 Å². The fourth-order valence-electron chi connectivity index (χ4n) is 4.76. The van der Waals surface area contributed by atoms with Crippen molar-refractivity contribution in [1.82, 2.24) is 10.2 Å². The highest BCUT2D eigenvalue weighted by Crippen LogP contribution is 2.43. The largest absolute Gasteiger partial charge is 0.342 e. The van der Waals surface area contributed by atoms with Crippen molar-refractivity contribution in [1.29, 1.82) is 0 Å². The molecule has 3 aliphatic rings. The van der Waals surface area contributed by atoms with Gasteiger partial charge in [0.2, 0.25) is 5.91 Å². The van der Waals surface area contributed by atoms with Crippen LogP contribution in [0, 0.1) is 17.8 Å². The molecule has 2 saturated carbocycles. The topological polar surface area (TPSA) is 32.3 Å². The molecule has 0 aromatic rings. The monoisotopic (exact) mass is 314 g/mol. The van der Waals surface area contributed by atoms with E-state index in [2.05, 4.69) is 10.2 Å². The van der Waals surface area contributed by atoms with Crippen LogP contribution in [0.25, 0.3) is 0 Å². The molecule has 4 heteroatoms. The summed E-state index contributed by atoms with van der Waals surface area (Å²) in [5, 5.41) is 3.39. The number of carbonyl (C=O) groups is 1. The van der Waals surface area contributed by atoms with Crippen LogP contribution >= 0.6 is 12.4 Å². The molecule has 3 unspecified atom stereocenters. The number of nitrogens with one attached hydrogen (secondary N) is 1. The van der Waals surface area contributed by atoms with E-state index in [9.17, 15) is 4.79 Å². The van der Waals surface area contributed by atoms with E-state index in [4.69, 9.17) is 0 Å². The van der Waals surface area contributed by atoms with E-state index in [1.54, 1.807) is 0 Å². The fourth-order valence-corrected chi connectivity index (χ4v) is 4.76. The Morgan fingerprint density at radius 2 is 1.62 bits per heavy atom. The molecule has 1 N–H and O–H groups in total.